The number of nitrogens with one attached hydrogen (secondary N) is 1. The number of hydrogen-bond donors (Lipinski definition) is 2. The molecule has 0 saturated heterocycles. The van der Waals surface area contributed by atoms with Gasteiger partial charge in [-0.2, -0.15) is 0 Å². The Hall–Kier alpha value is -1.36. The number of hydrogen-bond acceptors (Lipinski definition) is 3. The molecule has 5 heteroatoms. The van der Waals surface area contributed by atoms with Gasteiger partial charge < -0.3 is 15.6 Å². The van der Waals surface area contributed by atoms with E-state index in [1.54, 1.807) is 12.5 Å². The minimum absolute atomic E-state index is 0.0782. The molecule has 1 aliphatic carbocycles. The van der Waals surface area contributed by atoms with Crippen molar-refractivity contribution in [2.75, 3.05) is 13.1 Å². The molecule has 100 valence electrons. The zero-order valence-corrected chi connectivity index (χ0v) is 11.0. The van der Waals surface area contributed by atoms with Crippen LogP contribution in [0.5, 0.6) is 0 Å². The Bertz CT molecular complexity index is 403. The van der Waals surface area contributed by atoms with Gasteiger partial charge in [-0.1, -0.05) is 13.3 Å². The van der Waals surface area contributed by atoms with Crippen molar-refractivity contribution in [2.24, 2.45) is 11.1 Å². The first-order valence-corrected chi connectivity index (χ1v) is 6.69. The van der Waals surface area contributed by atoms with Crippen molar-refractivity contribution in [3.05, 3.63) is 18.2 Å². The summed E-state index contributed by atoms with van der Waals surface area (Å²) in [5, 5.41) is 3.00. The highest BCUT2D eigenvalue weighted by Crippen LogP contribution is 2.43. The highest BCUT2D eigenvalue weighted by Gasteiger charge is 2.35. The minimum atomic E-state index is -0.0782. The van der Waals surface area contributed by atoms with Crippen LogP contribution in [0.4, 0.5) is 0 Å². The van der Waals surface area contributed by atoms with Crippen LogP contribution in [0.15, 0.2) is 12.5 Å². The molecule has 1 aliphatic rings. The SMILES string of the molecule is CCC1(CNC(=O)c2cn(CCN)cn2)CCC1. The Morgan fingerprint density at radius 3 is 2.94 bits per heavy atom. The van der Waals surface area contributed by atoms with Gasteiger partial charge >= 0.3 is 0 Å². The maximum absolute atomic E-state index is 11.9. The zero-order chi connectivity index (χ0) is 13.0. The van der Waals surface area contributed by atoms with Crippen molar-refractivity contribution in [2.45, 2.75) is 39.2 Å². The predicted molar refractivity (Wildman–Crippen MR) is 70.2 cm³/mol. The standard InChI is InChI=1S/C13H22N4O/c1-2-13(4-3-5-13)9-15-12(18)11-8-17(7-6-14)10-16-11/h8,10H,2-7,9,14H2,1H3,(H,15,18). The summed E-state index contributed by atoms with van der Waals surface area (Å²) in [7, 11) is 0. The first kappa shape index (κ1) is 13.1. The van der Waals surface area contributed by atoms with Gasteiger partial charge in [-0.05, 0) is 24.7 Å². The van der Waals surface area contributed by atoms with Gasteiger partial charge in [-0.3, -0.25) is 4.79 Å². The molecule has 0 atom stereocenters. The summed E-state index contributed by atoms with van der Waals surface area (Å²) >= 11 is 0. The number of carbonyl (C=O) groups excluding carboxylic acids is 1. The Morgan fingerprint density at radius 1 is 1.61 bits per heavy atom. The fraction of sp³-hybridized carbons (Fsp3) is 0.692. The second kappa shape index (κ2) is 5.52. The molecule has 0 aliphatic heterocycles. The van der Waals surface area contributed by atoms with Gasteiger partial charge in [0.1, 0.15) is 5.69 Å². The third-order valence-electron chi connectivity index (χ3n) is 4.04. The molecule has 0 radical (unpaired) electrons. The number of aromatic nitrogens is 2. The molecule has 1 saturated carbocycles. The number of nitrogens with two attached hydrogens (primary N) is 1. The van der Waals surface area contributed by atoms with Gasteiger partial charge in [-0.15, -0.1) is 0 Å². The van der Waals surface area contributed by atoms with Crippen LogP contribution in [-0.2, 0) is 6.54 Å². The van der Waals surface area contributed by atoms with Gasteiger partial charge in [0, 0.05) is 25.8 Å². The highest BCUT2D eigenvalue weighted by molar-refractivity contribution is 5.92. The fourth-order valence-corrected chi connectivity index (χ4v) is 2.44. The molecule has 5 nitrogen and oxygen atoms in total. The maximum Gasteiger partial charge on any atom is 0.271 e. The van der Waals surface area contributed by atoms with Crippen molar-refractivity contribution in [1.82, 2.24) is 14.9 Å². The summed E-state index contributed by atoms with van der Waals surface area (Å²) in [6, 6.07) is 0. The van der Waals surface area contributed by atoms with Gasteiger partial charge in [-0.25, -0.2) is 4.98 Å². The van der Waals surface area contributed by atoms with Gasteiger partial charge in [0.15, 0.2) is 0 Å². The summed E-state index contributed by atoms with van der Waals surface area (Å²) in [5.41, 5.74) is 6.28. The third kappa shape index (κ3) is 2.72. The van der Waals surface area contributed by atoms with E-state index in [-0.39, 0.29) is 5.91 Å². The number of imidazole rings is 1. The molecule has 1 fully saturated rings. The molecule has 2 rings (SSSR count). The van der Waals surface area contributed by atoms with Crippen LogP contribution in [0.2, 0.25) is 0 Å². The van der Waals surface area contributed by atoms with E-state index < -0.39 is 0 Å². The molecule has 0 bridgehead atoms. The van der Waals surface area contributed by atoms with Crippen LogP contribution >= 0.6 is 0 Å². The number of rotatable bonds is 6. The van der Waals surface area contributed by atoms with Gasteiger partial charge in [0.2, 0.25) is 0 Å². The molecule has 1 aromatic heterocycles. The Balaban J connectivity index is 1.87. The molecule has 0 aromatic carbocycles. The maximum atomic E-state index is 11.9. The summed E-state index contributed by atoms with van der Waals surface area (Å²) < 4.78 is 1.84. The third-order valence-corrected chi connectivity index (χ3v) is 4.04. The molecular weight excluding hydrogens is 228 g/mol. The quantitative estimate of drug-likeness (QED) is 0.795. The Labute approximate surface area is 108 Å². The van der Waals surface area contributed by atoms with Crippen molar-refractivity contribution < 1.29 is 4.79 Å². The molecule has 0 spiro atoms. The monoisotopic (exact) mass is 250 g/mol. The highest BCUT2D eigenvalue weighted by atomic mass is 16.1. The van der Waals surface area contributed by atoms with Crippen LogP contribution in [-0.4, -0.2) is 28.5 Å². The lowest BCUT2D eigenvalue weighted by Crippen LogP contribution is -2.41. The van der Waals surface area contributed by atoms with Crippen LogP contribution < -0.4 is 11.1 Å². The van der Waals surface area contributed by atoms with E-state index in [1.807, 2.05) is 4.57 Å². The molecular formula is C13H22N4O. The zero-order valence-electron chi connectivity index (χ0n) is 11.0. The molecule has 18 heavy (non-hydrogen) atoms. The molecule has 0 unspecified atom stereocenters. The van der Waals surface area contributed by atoms with E-state index in [0.717, 1.165) is 13.0 Å². The Kier molecular flexibility index (Phi) is 4.01. The number of nitrogens with zero attached hydrogens (tertiary/aromatic N) is 2. The lowest BCUT2D eigenvalue weighted by molar-refractivity contribution is 0.0846. The summed E-state index contributed by atoms with van der Waals surface area (Å²) in [4.78, 5) is 16.0. The second-order valence-electron chi connectivity index (χ2n) is 5.18. The van der Waals surface area contributed by atoms with Crippen LogP contribution in [0.25, 0.3) is 0 Å². The predicted octanol–water partition coefficient (Wildman–Crippen LogP) is 1.15. The summed E-state index contributed by atoms with van der Waals surface area (Å²) in [5.74, 6) is -0.0782. The van der Waals surface area contributed by atoms with E-state index in [4.69, 9.17) is 5.73 Å². The van der Waals surface area contributed by atoms with Gasteiger partial charge in [0.05, 0.1) is 6.33 Å². The van der Waals surface area contributed by atoms with Crippen molar-refractivity contribution in [1.29, 1.82) is 0 Å². The number of carbonyl (C=O) groups is 1. The van der Waals surface area contributed by atoms with E-state index in [2.05, 4.69) is 17.2 Å². The van der Waals surface area contributed by atoms with Crippen LogP contribution in [0.3, 0.4) is 0 Å². The minimum Gasteiger partial charge on any atom is -0.350 e. The van der Waals surface area contributed by atoms with E-state index in [1.165, 1.54) is 19.3 Å². The average molecular weight is 250 g/mol. The first-order chi connectivity index (χ1) is 8.69. The molecule has 1 heterocycles. The smallest absolute Gasteiger partial charge is 0.271 e. The summed E-state index contributed by atoms with van der Waals surface area (Å²) in [6.07, 6.45) is 8.28. The topological polar surface area (TPSA) is 72.9 Å². The summed E-state index contributed by atoms with van der Waals surface area (Å²) in [6.45, 7) is 4.21. The van der Waals surface area contributed by atoms with Crippen molar-refractivity contribution in [3.8, 4) is 0 Å². The van der Waals surface area contributed by atoms with Crippen molar-refractivity contribution >= 4 is 5.91 Å². The van der Waals surface area contributed by atoms with Crippen LogP contribution in [0.1, 0.15) is 43.1 Å². The second-order valence-corrected chi connectivity index (χ2v) is 5.18. The van der Waals surface area contributed by atoms with Gasteiger partial charge in [0.25, 0.3) is 5.91 Å². The lowest BCUT2D eigenvalue weighted by Gasteiger charge is -2.41. The Morgan fingerprint density at radius 2 is 2.39 bits per heavy atom. The molecule has 1 amide bonds. The largest absolute Gasteiger partial charge is 0.350 e. The van der Waals surface area contributed by atoms with E-state index >= 15 is 0 Å². The fourth-order valence-electron chi connectivity index (χ4n) is 2.44. The number of amides is 1. The first-order valence-electron chi connectivity index (χ1n) is 6.69. The molecule has 1 aromatic rings. The van der Waals surface area contributed by atoms with E-state index in [0.29, 0.717) is 24.2 Å². The van der Waals surface area contributed by atoms with E-state index in [9.17, 15) is 4.79 Å². The normalized spacial score (nSPS) is 17.2. The average Bonchev–Trinajstić information content (AvgIpc) is 2.77. The molecule has 3 N–H and O–H groups in total. The lowest BCUT2D eigenvalue weighted by atomic mass is 9.67. The van der Waals surface area contributed by atoms with Crippen LogP contribution in [0, 0.1) is 5.41 Å². The van der Waals surface area contributed by atoms with Crippen molar-refractivity contribution in [3.63, 3.8) is 0 Å².